The fraction of sp³-hybridized carbons (Fsp3) is 0.364. The first-order valence-corrected chi connectivity index (χ1v) is 10.0. The summed E-state index contributed by atoms with van der Waals surface area (Å²) in [5.74, 6) is -0.123. The van der Waals surface area contributed by atoms with Crippen molar-refractivity contribution in [3.8, 4) is 5.75 Å². The van der Waals surface area contributed by atoms with Crippen LogP contribution in [-0.2, 0) is 15.0 Å². The molecule has 0 aliphatic rings. The number of hydrogen-bond donors (Lipinski definition) is 1. The summed E-state index contributed by atoms with van der Waals surface area (Å²) in [6, 6.07) is 12.6. The van der Waals surface area contributed by atoms with Crippen molar-refractivity contribution in [1.29, 1.82) is 0 Å². The average molecular weight is 437 g/mol. The molecule has 0 aromatic heterocycles. The monoisotopic (exact) mass is 436 g/mol. The SMILES string of the molecule is CC(Oc1ccc(C(C)(C)C)cc1)C(=O)N(C)CC(=O)Nc1c(Cl)cccc1Cl. The highest BCUT2D eigenvalue weighted by atomic mass is 35.5. The van der Waals surface area contributed by atoms with E-state index in [0.29, 0.717) is 21.5 Å². The zero-order chi connectivity index (χ0) is 21.8. The summed E-state index contributed by atoms with van der Waals surface area (Å²) in [5.41, 5.74) is 1.54. The predicted molar refractivity (Wildman–Crippen MR) is 118 cm³/mol. The topological polar surface area (TPSA) is 58.6 Å². The smallest absolute Gasteiger partial charge is 0.263 e. The highest BCUT2D eigenvalue weighted by Gasteiger charge is 2.22. The van der Waals surface area contributed by atoms with Gasteiger partial charge in [0.25, 0.3) is 5.91 Å². The van der Waals surface area contributed by atoms with Gasteiger partial charge in [-0.25, -0.2) is 0 Å². The van der Waals surface area contributed by atoms with E-state index in [1.165, 1.54) is 10.5 Å². The van der Waals surface area contributed by atoms with Crippen molar-refractivity contribution in [3.63, 3.8) is 0 Å². The Kier molecular flexibility index (Phi) is 7.55. The summed E-state index contributed by atoms with van der Waals surface area (Å²) in [6.45, 7) is 7.89. The van der Waals surface area contributed by atoms with E-state index in [4.69, 9.17) is 27.9 Å². The van der Waals surface area contributed by atoms with Crippen molar-refractivity contribution in [1.82, 2.24) is 4.90 Å². The van der Waals surface area contributed by atoms with Gasteiger partial charge in [0.2, 0.25) is 5.91 Å². The fourth-order valence-corrected chi connectivity index (χ4v) is 3.18. The third kappa shape index (κ3) is 6.38. The van der Waals surface area contributed by atoms with E-state index in [2.05, 4.69) is 26.1 Å². The van der Waals surface area contributed by atoms with Crippen LogP contribution in [0.5, 0.6) is 5.75 Å². The molecule has 0 aliphatic heterocycles. The lowest BCUT2D eigenvalue weighted by Gasteiger charge is -2.23. The fourth-order valence-electron chi connectivity index (χ4n) is 2.69. The van der Waals surface area contributed by atoms with E-state index >= 15 is 0 Å². The van der Waals surface area contributed by atoms with Gasteiger partial charge in [0, 0.05) is 7.05 Å². The van der Waals surface area contributed by atoms with Crippen molar-refractivity contribution < 1.29 is 14.3 Å². The quantitative estimate of drug-likeness (QED) is 0.680. The number of benzene rings is 2. The van der Waals surface area contributed by atoms with Crippen molar-refractivity contribution in [3.05, 3.63) is 58.1 Å². The molecule has 2 aromatic rings. The van der Waals surface area contributed by atoms with E-state index in [9.17, 15) is 9.59 Å². The Balaban J connectivity index is 1.94. The lowest BCUT2D eigenvalue weighted by molar-refractivity contribution is -0.139. The minimum Gasteiger partial charge on any atom is -0.481 e. The molecule has 0 spiro atoms. The molecule has 1 unspecified atom stereocenters. The number of para-hydroxylation sites is 1. The predicted octanol–water partition coefficient (Wildman–Crippen LogP) is 5.16. The molecule has 0 saturated heterocycles. The molecule has 1 N–H and O–H groups in total. The van der Waals surface area contributed by atoms with Crippen LogP contribution in [0.2, 0.25) is 10.0 Å². The number of rotatable bonds is 6. The summed E-state index contributed by atoms with van der Waals surface area (Å²) < 4.78 is 5.74. The minimum absolute atomic E-state index is 0.0398. The maximum atomic E-state index is 12.6. The molecular formula is C22H26Cl2N2O3. The van der Waals surface area contributed by atoms with E-state index < -0.39 is 12.0 Å². The first-order chi connectivity index (χ1) is 13.5. The summed E-state index contributed by atoms with van der Waals surface area (Å²) >= 11 is 12.1. The average Bonchev–Trinajstić information content (AvgIpc) is 2.63. The summed E-state index contributed by atoms with van der Waals surface area (Å²) in [6.07, 6.45) is -0.739. The van der Waals surface area contributed by atoms with Crippen molar-refractivity contribution in [2.75, 3.05) is 18.9 Å². The number of anilines is 1. The molecule has 2 aromatic carbocycles. The van der Waals surface area contributed by atoms with Gasteiger partial charge in [0.1, 0.15) is 5.75 Å². The Morgan fingerprint density at radius 3 is 2.14 bits per heavy atom. The van der Waals surface area contributed by atoms with E-state index in [0.717, 1.165) is 0 Å². The highest BCUT2D eigenvalue weighted by molar-refractivity contribution is 6.39. The van der Waals surface area contributed by atoms with Crippen LogP contribution in [0.1, 0.15) is 33.3 Å². The van der Waals surface area contributed by atoms with Crippen LogP contribution in [0.3, 0.4) is 0 Å². The highest BCUT2D eigenvalue weighted by Crippen LogP contribution is 2.29. The van der Waals surface area contributed by atoms with Gasteiger partial charge < -0.3 is 15.0 Å². The van der Waals surface area contributed by atoms with Crippen molar-refractivity contribution >= 4 is 40.7 Å². The Bertz CT molecular complexity index is 856. The van der Waals surface area contributed by atoms with Gasteiger partial charge in [0.05, 0.1) is 22.3 Å². The normalized spacial score (nSPS) is 12.2. The number of nitrogens with zero attached hydrogens (tertiary/aromatic N) is 1. The molecule has 1 atom stereocenters. The molecule has 0 fully saturated rings. The molecule has 2 amide bonds. The van der Waals surface area contributed by atoms with Gasteiger partial charge in [-0.2, -0.15) is 0 Å². The van der Waals surface area contributed by atoms with Crippen molar-refractivity contribution in [2.24, 2.45) is 0 Å². The van der Waals surface area contributed by atoms with Crippen LogP contribution >= 0.6 is 23.2 Å². The Hall–Kier alpha value is -2.24. The summed E-state index contributed by atoms with van der Waals surface area (Å²) in [4.78, 5) is 26.1. The first kappa shape index (κ1) is 23.0. The van der Waals surface area contributed by atoms with E-state index in [1.54, 1.807) is 32.2 Å². The van der Waals surface area contributed by atoms with Gasteiger partial charge in [0.15, 0.2) is 6.10 Å². The number of ether oxygens (including phenoxy) is 1. The van der Waals surface area contributed by atoms with Crippen LogP contribution in [0, 0.1) is 0 Å². The number of amides is 2. The van der Waals surface area contributed by atoms with Gasteiger partial charge in [-0.3, -0.25) is 9.59 Å². The maximum Gasteiger partial charge on any atom is 0.263 e. The summed E-state index contributed by atoms with van der Waals surface area (Å²) in [5, 5.41) is 3.29. The zero-order valence-corrected chi connectivity index (χ0v) is 18.8. The lowest BCUT2D eigenvalue weighted by atomic mass is 9.87. The molecule has 0 radical (unpaired) electrons. The van der Waals surface area contributed by atoms with Crippen LogP contribution in [0.25, 0.3) is 0 Å². The number of nitrogens with one attached hydrogen (secondary N) is 1. The van der Waals surface area contributed by atoms with Crippen molar-refractivity contribution in [2.45, 2.75) is 39.2 Å². The van der Waals surface area contributed by atoms with Gasteiger partial charge in [-0.1, -0.05) is 62.2 Å². The molecule has 0 bridgehead atoms. The molecule has 0 heterocycles. The standard InChI is InChI=1S/C22H26Cl2N2O3/c1-14(29-16-11-9-15(10-12-16)22(2,3)4)21(28)26(5)13-19(27)25-20-17(23)7-6-8-18(20)24/h6-12,14H,13H2,1-5H3,(H,25,27). The van der Waals surface area contributed by atoms with Gasteiger partial charge in [-0.15, -0.1) is 0 Å². The minimum atomic E-state index is -0.739. The second-order valence-electron chi connectivity index (χ2n) is 7.87. The van der Waals surface area contributed by atoms with Crippen LogP contribution in [0.15, 0.2) is 42.5 Å². The maximum absolute atomic E-state index is 12.6. The summed E-state index contributed by atoms with van der Waals surface area (Å²) in [7, 11) is 1.54. The van der Waals surface area contributed by atoms with Crippen LogP contribution in [-0.4, -0.2) is 36.4 Å². The third-order valence-electron chi connectivity index (χ3n) is 4.37. The largest absolute Gasteiger partial charge is 0.481 e. The van der Waals surface area contributed by atoms with Gasteiger partial charge >= 0.3 is 0 Å². The second kappa shape index (κ2) is 9.51. The molecule has 2 rings (SSSR count). The Morgan fingerprint density at radius 1 is 1.07 bits per heavy atom. The molecule has 7 heteroatoms. The zero-order valence-electron chi connectivity index (χ0n) is 17.3. The molecular weight excluding hydrogens is 411 g/mol. The number of hydrogen-bond acceptors (Lipinski definition) is 3. The number of likely N-dealkylation sites (N-methyl/N-ethyl adjacent to an activating group) is 1. The van der Waals surface area contributed by atoms with Crippen LogP contribution in [0.4, 0.5) is 5.69 Å². The number of halogens is 2. The molecule has 156 valence electrons. The number of carbonyl (C=O) groups is 2. The molecule has 5 nitrogen and oxygen atoms in total. The van der Waals surface area contributed by atoms with E-state index in [1.807, 2.05) is 24.3 Å². The third-order valence-corrected chi connectivity index (χ3v) is 5.00. The van der Waals surface area contributed by atoms with Crippen LogP contribution < -0.4 is 10.1 Å². The Morgan fingerprint density at radius 2 is 1.62 bits per heavy atom. The second-order valence-corrected chi connectivity index (χ2v) is 8.69. The lowest BCUT2D eigenvalue weighted by Crippen LogP contribution is -2.42. The first-order valence-electron chi connectivity index (χ1n) is 9.25. The molecule has 0 saturated carbocycles. The van der Waals surface area contributed by atoms with E-state index in [-0.39, 0.29) is 17.9 Å². The molecule has 29 heavy (non-hydrogen) atoms. The molecule has 0 aliphatic carbocycles. The van der Waals surface area contributed by atoms with Gasteiger partial charge in [-0.05, 0) is 42.2 Å². The number of carbonyl (C=O) groups excluding carboxylic acids is 2. The Labute approximate surface area is 181 Å².